The van der Waals surface area contributed by atoms with Gasteiger partial charge in [0.2, 0.25) is 5.91 Å². The van der Waals surface area contributed by atoms with E-state index < -0.39 is 0 Å². The summed E-state index contributed by atoms with van der Waals surface area (Å²) in [5.41, 5.74) is 0. The van der Waals surface area contributed by atoms with Crippen LogP contribution in [-0.4, -0.2) is 22.6 Å². The summed E-state index contributed by atoms with van der Waals surface area (Å²) in [7, 11) is 0. The van der Waals surface area contributed by atoms with Gasteiger partial charge >= 0.3 is 0 Å². The molecular weight excluding hydrogens is 138 g/mol. The summed E-state index contributed by atoms with van der Waals surface area (Å²) < 4.78 is 0. The van der Waals surface area contributed by atoms with E-state index in [4.69, 9.17) is 0 Å². The Morgan fingerprint density at radius 3 is 2.56 bits per heavy atom. The summed E-state index contributed by atoms with van der Waals surface area (Å²) >= 11 is 0.951. The van der Waals surface area contributed by atoms with E-state index in [9.17, 15) is 9.59 Å². The van der Waals surface area contributed by atoms with E-state index in [0.29, 0.717) is 6.54 Å². The van der Waals surface area contributed by atoms with Crippen LogP contribution in [0.4, 0.5) is 4.79 Å². The fourth-order valence-corrected chi connectivity index (χ4v) is 1.28. The quantitative estimate of drug-likeness (QED) is 0.547. The SMILES string of the molecule is CCN1C(=O)[CH]SC1=O. The predicted octanol–water partition coefficient (Wildman–Crippen LogP) is 0.863. The van der Waals surface area contributed by atoms with Crippen molar-refractivity contribution in [1.82, 2.24) is 4.90 Å². The molecule has 1 radical (unpaired) electrons. The van der Waals surface area contributed by atoms with E-state index in [-0.39, 0.29) is 11.1 Å². The molecule has 2 amide bonds. The highest BCUT2D eigenvalue weighted by Gasteiger charge is 2.28. The van der Waals surface area contributed by atoms with Gasteiger partial charge < -0.3 is 0 Å². The third-order valence-electron chi connectivity index (χ3n) is 1.06. The van der Waals surface area contributed by atoms with Crippen molar-refractivity contribution < 1.29 is 9.59 Å². The van der Waals surface area contributed by atoms with Crippen LogP contribution in [0, 0.1) is 5.75 Å². The lowest BCUT2D eigenvalue weighted by atomic mass is 10.5. The number of thioether (sulfide) groups is 1. The Hall–Kier alpha value is -0.510. The second kappa shape index (κ2) is 2.39. The van der Waals surface area contributed by atoms with Gasteiger partial charge in [-0.15, -0.1) is 0 Å². The van der Waals surface area contributed by atoms with Gasteiger partial charge in [-0.1, -0.05) is 0 Å². The Balaban J connectivity index is 2.66. The first-order valence-corrected chi connectivity index (χ1v) is 3.49. The molecule has 1 aliphatic heterocycles. The lowest BCUT2D eigenvalue weighted by molar-refractivity contribution is -0.122. The molecule has 1 fully saturated rings. The largest absolute Gasteiger partial charge is 0.289 e. The highest BCUT2D eigenvalue weighted by atomic mass is 32.2. The van der Waals surface area contributed by atoms with Crippen molar-refractivity contribution in [2.45, 2.75) is 6.92 Å². The molecule has 0 aliphatic carbocycles. The standard InChI is InChI=1S/C5H6NO2S/c1-2-6-4(7)3-9-5(6)8/h3H,2H2,1H3. The summed E-state index contributed by atoms with van der Waals surface area (Å²) in [5.74, 6) is 1.14. The van der Waals surface area contributed by atoms with Crippen molar-refractivity contribution in [2.75, 3.05) is 6.54 Å². The Kier molecular flexibility index (Phi) is 1.75. The fourth-order valence-electron chi connectivity index (χ4n) is 0.603. The second-order valence-electron chi connectivity index (χ2n) is 1.58. The number of hydrogen-bond donors (Lipinski definition) is 0. The first-order chi connectivity index (χ1) is 4.25. The minimum atomic E-state index is -0.187. The number of imide groups is 1. The third kappa shape index (κ3) is 1.08. The Labute approximate surface area is 57.4 Å². The Bertz CT molecular complexity index is 141. The first-order valence-electron chi connectivity index (χ1n) is 2.61. The maximum Gasteiger partial charge on any atom is 0.289 e. The number of amides is 2. The maximum atomic E-state index is 10.7. The smallest absolute Gasteiger partial charge is 0.273 e. The zero-order valence-corrected chi connectivity index (χ0v) is 5.77. The van der Waals surface area contributed by atoms with Gasteiger partial charge in [0.05, 0.1) is 0 Å². The Morgan fingerprint density at radius 1 is 1.67 bits per heavy atom. The van der Waals surface area contributed by atoms with Gasteiger partial charge in [-0.2, -0.15) is 0 Å². The van der Waals surface area contributed by atoms with E-state index >= 15 is 0 Å². The normalized spacial score (nSPS) is 19.4. The summed E-state index contributed by atoms with van der Waals surface area (Å²) in [6.07, 6.45) is 0. The van der Waals surface area contributed by atoms with Crippen molar-refractivity contribution in [3.8, 4) is 0 Å². The van der Waals surface area contributed by atoms with E-state index in [0.717, 1.165) is 11.8 Å². The summed E-state index contributed by atoms with van der Waals surface area (Å²) in [6, 6.07) is 0. The van der Waals surface area contributed by atoms with Gasteiger partial charge in [0, 0.05) is 6.54 Å². The van der Waals surface area contributed by atoms with Crippen LogP contribution in [0.1, 0.15) is 6.92 Å². The summed E-state index contributed by atoms with van der Waals surface area (Å²) in [6.45, 7) is 2.25. The zero-order valence-electron chi connectivity index (χ0n) is 4.96. The van der Waals surface area contributed by atoms with Gasteiger partial charge in [-0.05, 0) is 18.7 Å². The van der Waals surface area contributed by atoms with Crippen LogP contribution in [0.2, 0.25) is 0 Å². The second-order valence-corrected chi connectivity index (χ2v) is 2.40. The van der Waals surface area contributed by atoms with E-state index in [1.54, 1.807) is 6.92 Å². The van der Waals surface area contributed by atoms with Crippen LogP contribution in [0.5, 0.6) is 0 Å². The predicted molar refractivity (Wildman–Crippen MR) is 34.7 cm³/mol. The Morgan fingerprint density at radius 2 is 2.33 bits per heavy atom. The van der Waals surface area contributed by atoms with Crippen molar-refractivity contribution >= 4 is 22.9 Å². The van der Waals surface area contributed by atoms with Gasteiger partial charge in [0.1, 0.15) is 5.75 Å². The van der Waals surface area contributed by atoms with E-state index in [1.165, 1.54) is 10.7 Å². The number of rotatable bonds is 1. The molecular formula is C5H6NO2S. The topological polar surface area (TPSA) is 37.4 Å². The molecule has 1 rings (SSSR count). The number of carbonyl (C=O) groups is 2. The molecule has 0 aromatic rings. The molecule has 49 valence electrons. The van der Waals surface area contributed by atoms with Crippen LogP contribution < -0.4 is 0 Å². The average molecular weight is 144 g/mol. The number of nitrogens with zero attached hydrogens (tertiary/aromatic N) is 1. The molecule has 1 saturated heterocycles. The number of carbonyl (C=O) groups excluding carboxylic acids is 2. The molecule has 0 aromatic heterocycles. The van der Waals surface area contributed by atoms with Gasteiger partial charge in [0.15, 0.2) is 0 Å². The van der Waals surface area contributed by atoms with Crippen molar-refractivity contribution in [2.24, 2.45) is 0 Å². The average Bonchev–Trinajstić information content (AvgIpc) is 2.12. The van der Waals surface area contributed by atoms with Gasteiger partial charge in [-0.3, -0.25) is 14.5 Å². The monoisotopic (exact) mass is 144 g/mol. The lowest BCUT2D eigenvalue weighted by Crippen LogP contribution is -2.26. The molecule has 3 nitrogen and oxygen atoms in total. The highest BCUT2D eigenvalue weighted by Crippen LogP contribution is 2.21. The van der Waals surface area contributed by atoms with Crippen LogP contribution >= 0.6 is 11.8 Å². The van der Waals surface area contributed by atoms with Crippen LogP contribution in [0.25, 0.3) is 0 Å². The molecule has 0 bridgehead atoms. The molecule has 0 N–H and O–H groups in total. The lowest BCUT2D eigenvalue weighted by Gasteiger charge is -2.06. The molecule has 4 heteroatoms. The van der Waals surface area contributed by atoms with Crippen molar-refractivity contribution in [3.63, 3.8) is 0 Å². The molecule has 0 spiro atoms. The molecule has 0 saturated carbocycles. The van der Waals surface area contributed by atoms with Crippen LogP contribution in [-0.2, 0) is 4.79 Å². The minimum Gasteiger partial charge on any atom is -0.273 e. The summed E-state index contributed by atoms with van der Waals surface area (Å²) in [5, 5.41) is -0.164. The highest BCUT2D eigenvalue weighted by molar-refractivity contribution is 8.16. The molecule has 9 heavy (non-hydrogen) atoms. The maximum absolute atomic E-state index is 10.7. The fraction of sp³-hybridized carbons (Fsp3) is 0.400. The van der Waals surface area contributed by atoms with Crippen LogP contribution in [0.3, 0.4) is 0 Å². The molecule has 0 atom stereocenters. The van der Waals surface area contributed by atoms with Gasteiger partial charge in [-0.25, -0.2) is 0 Å². The van der Waals surface area contributed by atoms with Crippen molar-refractivity contribution in [1.29, 1.82) is 0 Å². The van der Waals surface area contributed by atoms with Gasteiger partial charge in [0.25, 0.3) is 5.24 Å². The zero-order chi connectivity index (χ0) is 6.85. The molecule has 1 aliphatic rings. The van der Waals surface area contributed by atoms with Crippen molar-refractivity contribution in [3.05, 3.63) is 5.75 Å². The summed E-state index contributed by atoms with van der Waals surface area (Å²) in [4.78, 5) is 22.5. The molecule has 0 aromatic carbocycles. The number of hydrogen-bond acceptors (Lipinski definition) is 3. The van der Waals surface area contributed by atoms with E-state index in [1.807, 2.05) is 0 Å². The minimum absolute atomic E-state index is 0.164. The molecule has 0 unspecified atom stereocenters. The van der Waals surface area contributed by atoms with E-state index in [2.05, 4.69) is 0 Å². The third-order valence-corrected chi connectivity index (χ3v) is 1.80. The van der Waals surface area contributed by atoms with Crippen LogP contribution in [0.15, 0.2) is 0 Å². The first kappa shape index (κ1) is 6.61. The molecule has 1 heterocycles.